The van der Waals surface area contributed by atoms with Crippen molar-refractivity contribution in [2.24, 2.45) is 0 Å². The molecule has 6 heteroatoms. The van der Waals surface area contributed by atoms with Crippen molar-refractivity contribution in [1.29, 1.82) is 0 Å². The monoisotopic (exact) mass is 307 g/mol. The number of nitro benzene ring substituents is 1. The Hall–Kier alpha value is -2.11. The molecular weight excluding hydrogens is 294 g/mol. The van der Waals surface area contributed by atoms with Crippen LogP contribution in [0.3, 0.4) is 0 Å². The molecule has 0 radical (unpaired) electrons. The van der Waals surface area contributed by atoms with Crippen LogP contribution in [0, 0.1) is 10.1 Å². The maximum absolute atomic E-state index is 11.0. The number of hydrogen-bond donors (Lipinski definition) is 1. The molecule has 0 unspecified atom stereocenters. The minimum absolute atomic E-state index is 0.119. The minimum atomic E-state index is -0.545. The Morgan fingerprint density at radius 3 is 2.52 bits per heavy atom. The first-order valence-corrected chi connectivity index (χ1v) is 6.79. The maximum Gasteiger partial charge on any atom is 0.313 e. The number of aliphatic hydroxyl groups is 1. The molecule has 0 aliphatic rings. The summed E-state index contributed by atoms with van der Waals surface area (Å²) < 4.78 is 5.51. The van der Waals surface area contributed by atoms with Gasteiger partial charge in [0.05, 0.1) is 11.0 Å². The molecule has 1 N–H and O–H groups in total. The van der Waals surface area contributed by atoms with E-state index in [0.29, 0.717) is 12.2 Å². The molecule has 0 heterocycles. The standard InChI is InChI=1S/C15H14ClNO4/c1-2-14(18)10-3-6-12(7-4-10)21-15-8-5-11(16)9-13(15)17(19)20/h3-9,14,18H,2H2,1H3/t14-/m0/s1. The van der Waals surface area contributed by atoms with E-state index in [0.717, 1.165) is 5.56 Å². The first-order valence-electron chi connectivity index (χ1n) is 6.41. The molecule has 110 valence electrons. The summed E-state index contributed by atoms with van der Waals surface area (Å²) in [6.07, 6.45) is 0.0898. The third-order valence-corrected chi connectivity index (χ3v) is 3.23. The van der Waals surface area contributed by atoms with E-state index >= 15 is 0 Å². The molecule has 0 aliphatic carbocycles. The van der Waals surface area contributed by atoms with Gasteiger partial charge < -0.3 is 9.84 Å². The number of benzene rings is 2. The zero-order chi connectivity index (χ0) is 15.4. The van der Waals surface area contributed by atoms with Gasteiger partial charge in [0.1, 0.15) is 5.75 Å². The lowest BCUT2D eigenvalue weighted by molar-refractivity contribution is -0.385. The zero-order valence-electron chi connectivity index (χ0n) is 11.3. The average Bonchev–Trinajstić information content (AvgIpc) is 2.49. The van der Waals surface area contributed by atoms with Crippen LogP contribution in [0.5, 0.6) is 11.5 Å². The molecule has 0 saturated heterocycles. The Labute approximate surface area is 126 Å². The van der Waals surface area contributed by atoms with Crippen molar-refractivity contribution in [3.63, 3.8) is 0 Å². The number of aliphatic hydroxyl groups excluding tert-OH is 1. The van der Waals surface area contributed by atoms with Crippen molar-refractivity contribution in [3.8, 4) is 11.5 Å². The molecule has 0 aromatic heterocycles. The third kappa shape index (κ3) is 3.71. The number of hydrogen-bond acceptors (Lipinski definition) is 4. The average molecular weight is 308 g/mol. The lowest BCUT2D eigenvalue weighted by Gasteiger charge is -2.10. The molecule has 0 saturated carbocycles. The molecule has 2 aromatic rings. The lowest BCUT2D eigenvalue weighted by atomic mass is 10.1. The third-order valence-electron chi connectivity index (χ3n) is 3.00. The summed E-state index contributed by atoms with van der Waals surface area (Å²) in [5.41, 5.74) is 0.579. The second kappa shape index (κ2) is 6.56. The van der Waals surface area contributed by atoms with E-state index in [1.807, 2.05) is 6.92 Å². The molecule has 2 aromatic carbocycles. The van der Waals surface area contributed by atoms with E-state index in [2.05, 4.69) is 0 Å². The van der Waals surface area contributed by atoms with Gasteiger partial charge in [-0.15, -0.1) is 0 Å². The van der Waals surface area contributed by atoms with E-state index in [9.17, 15) is 15.2 Å². The molecule has 2 rings (SSSR count). The van der Waals surface area contributed by atoms with Gasteiger partial charge in [-0.05, 0) is 36.2 Å². The van der Waals surface area contributed by atoms with Crippen LogP contribution in [0.2, 0.25) is 5.02 Å². The molecule has 0 bridgehead atoms. The highest BCUT2D eigenvalue weighted by Crippen LogP contribution is 2.33. The smallest absolute Gasteiger partial charge is 0.313 e. The van der Waals surface area contributed by atoms with Crippen LogP contribution in [0.1, 0.15) is 25.0 Å². The van der Waals surface area contributed by atoms with Gasteiger partial charge in [0, 0.05) is 11.1 Å². The molecule has 0 amide bonds. The highest BCUT2D eigenvalue weighted by atomic mass is 35.5. The van der Waals surface area contributed by atoms with Crippen LogP contribution in [-0.2, 0) is 0 Å². The second-order valence-corrected chi connectivity index (χ2v) is 4.90. The fourth-order valence-electron chi connectivity index (χ4n) is 1.84. The summed E-state index contributed by atoms with van der Waals surface area (Å²) in [4.78, 5) is 10.4. The maximum atomic E-state index is 11.0. The Morgan fingerprint density at radius 1 is 1.29 bits per heavy atom. The van der Waals surface area contributed by atoms with Crippen molar-refractivity contribution >= 4 is 17.3 Å². The van der Waals surface area contributed by atoms with Gasteiger partial charge in [0.15, 0.2) is 0 Å². The summed E-state index contributed by atoms with van der Waals surface area (Å²) >= 11 is 5.75. The molecule has 21 heavy (non-hydrogen) atoms. The summed E-state index contributed by atoms with van der Waals surface area (Å²) in [5.74, 6) is 0.570. The van der Waals surface area contributed by atoms with Gasteiger partial charge >= 0.3 is 5.69 Å². The van der Waals surface area contributed by atoms with Gasteiger partial charge in [-0.2, -0.15) is 0 Å². The van der Waals surface area contributed by atoms with Crippen molar-refractivity contribution in [3.05, 3.63) is 63.2 Å². The van der Waals surface area contributed by atoms with E-state index in [1.54, 1.807) is 24.3 Å². The van der Waals surface area contributed by atoms with Crippen LogP contribution < -0.4 is 4.74 Å². The Balaban J connectivity index is 2.24. The zero-order valence-corrected chi connectivity index (χ0v) is 12.1. The van der Waals surface area contributed by atoms with Gasteiger partial charge in [-0.3, -0.25) is 10.1 Å². The van der Waals surface area contributed by atoms with Crippen LogP contribution in [-0.4, -0.2) is 10.0 Å². The summed E-state index contributed by atoms with van der Waals surface area (Å²) in [7, 11) is 0. The first kappa shape index (κ1) is 15.3. The molecule has 0 spiro atoms. The number of ether oxygens (including phenoxy) is 1. The van der Waals surface area contributed by atoms with Crippen molar-refractivity contribution in [1.82, 2.24) is 0 Å². The van der Waals surface area contributed by atoms with Gasteiger partial charge in [0.25, 0.3) is 0 Å². The fraction of sp³-hybridized carbons (Fsp3) is 0.200. The summed E-state index contributed by atoms with van der Waals surface area (Å²) in [5, 5.41) is 21.0. The van der Waals surface area contributed by atoms with Crippen molar-refractivity contribution in [2.45, 2.75) is 19.4 Å². The number of nitro groups is 1. The highest BCUT2D eigenvalue weighted by molar-refractivity contribution is 6.30. The molecule has 0 fully saturated rings. The number of halogens is 1. The van der Waals surface area contributed by atoms with E-state index < -0.39 is 11.0 Å². The normalized spacial score (nSPS) is 12.0. The van der Waals surface area contributed by atoms with Gasteiger partial charge in [-0.1, -0.05) is 30.7 Å². The molecule has 1 atom stereocenters. The number of nitrogens with zero attached hydrogens (tertiary/aromatic N) is 1. The SMILES string of the molecule is CC[C@H](O)c1ccc(Oc2ccc(Cl)cc2[N+](=O)[O-])cc1. The van der Waals surface area contributed by atoms with Crippen LogP contribution in [0.25, 0.3) is 0 Å². The second-order valence-electron chi connectivity index (χ2n) is 4.46. The van der Waals surface area contributed by atoms with Crippen molar-refractivity contribution in [2.75, 3.05) is 0 Å². The van der Waals surface area contributed by atoms with Crippen LogP contribution in [0.4, 0.5) is 5.69 Å². The highest BCUT2D eigenvalue weighted by Gasteiger charge is 2.16. The first-order chi connectivity index (χ1) is 10.0. The summed E-state index contributed by atoms with van der Waals surface area (Å²) in [6.45, 7) is 1.88. The molecular formula is C15H14ClNO4. The predicted octanol–water partition coefficient (Wildman–Crippen LogP) is 4.48. The Morgan fingerprint density at radius 2 is 1.95 bits per heavy atom. The van der Waals surface area contributed by atoms with Gasteiger partial charge in [0.2, 0.25) is 5.75 Å². The Kier molecular flexibility index (Phi) is 4.77. The molecule has 5 nitrogen and oxygen atoms in total. The predicted molar refractivity (Wildman–Crippen MR) is 79.9 cm³/mol. The van der Waals surface area contributed by atoms with Gasteiger partial charge in [-0.25, -0.2) is 0 Å². The van der Waals surface area contributed by atoms with Crippen molar-refractivity contribution < 1.29 is 14.8 Å². The van der Waals surface area contributed by atoms with Crippen LogP contribution >= 0.6 is 11.6 Å². The van der Waals surface area contributed by atoms with E-state index in [1.165, 1.54) is 18.2 Å². The largest absolute Gasteiger partial charge is 0.450 e. The van der Waals surface area contributed by atoms with E-state index in [-0.39, 0.29) is 16.5 Å². The fourth-order valence-corrected chi connectivity index (χ4v) is 2.01. The topological polar surface area (TPSA) is 72.6 Å². The minimum Gasteiger partial charge on any atom is -0.450 e. The number of rotatable bonds is 5. The van der Waals surface area contributed by atoms with E-state index in [4.69, 9.17) is 16.3 Å². The lowest BCUT2D eigenvalue weighted by Crippen LogP contribution is -1.96. The van der Waals surface area contributed by atoms with Crippen LogP contribution in [0.15, 0.2) is 42.5 Å². The quantitative estimate of drug-likeness (QED) is 0.652. The Bertz CT molecular complexity index is 643. The summed E-state index contributed by atoms with van der Waals surface area (Å²) in [6, 6.07) is 11.0. The molecule has 0 aliphatic heterocycles.